The van der Waals surface area contributed by atoms with Crippen LogP contribution in [0.3, 0.4) is 0 Å². The lowest BCUT2D eigenvalue weighted by Gasteiger charge is -2.19. The first kappa shape index (κ1) is 21.1. The maximum Gasteiger partial charge on any atom is 0.234 e. The van der Waals surface area contributed by atoms with Gasteiger partial charge in [-0.1, -0.05) is 25.6 Å². The van der Waals surface area contributed by atoms with Crippen molar-refractivity contribution >= 4 is 34.7 Å². The van der Waals surface area contributed by atoms with E-state index in [2.05, 4.69) is 39.3 Å². The number of thioether (sulfide) groups is 1. The minimum absolute atomic E-state index is 0.152. The highest BCUT2D eigenvalue weighted by molar-refractivity contribution is 7.99. The second-order valence-corrected chi connectivity index (χ2v) is 9.61. The first-order valence-electron chi connectivity index (χ1n) is 10.3. The van der Waals surface area contributed by atoms with Crippen LogP contribution in [-0.2, 0) is 24.2 Å². The van der Waals surface area contributed by atoms with Crippen LogP contribution >= 0.6 is 23.1 Å². The van der Waals surface area contributed by atoms with Gasteiger partial charge in [0.1, 0.15) is 5.82 Å². The second kappa shape index (κ2) is 9.31. The standard InChI is InChI=1S/C22H25FN4OS2/c1-3-10-27-21(18-12-29-19-11-14(2)4-9-17(18)19)25-26-22(27)30-13-20(28)24-16-7-5-15(23)6-8-16/h5-8,12,14H,3-4,9-11,13H2,1-2H3,(H,24,28). The van der Waals surface area contributed by atoms with E-state index in [1.165, 1.54) is 46.3 Å². The number of anilines is 1. The molecule has 30 heavy (non-hydrogen) atoms. The van der Waals surface area contributed by atoms with E-state index in [1.54, 1.807) is 12.1 Å². The molecule has 1 unspecified atom stereocenters. The fourth-order valence-electron chi connectivity index (χ4n) is 3.75. The van der Waals surface area contributed by atoms with Gasteiger partial charge in [-0.2, -0.15) is 0 Å². The highest BCUT2D eigenvalue weighted by atomic mass is 32.2. The molecule has 1 aliphatic rings. The summed E-state index contributed by atoms with van der Waals surface area (Å²) in [5.41, 5.74) is 3.20. The van der Waals surface area contributed by atoms with Crippen LogP contribution in [0, 0.1) is 11.7 Å². The molecule has 1 aliphatic carbocycles. The number of nitrogens with one attached hydrogen (secondary N) is 1. The largest absolute Gasteiger partial charge is 0.325 e. The Balaban J connectivity index is 1.49. The zero-order valence-electron chi connectivity index (χ0n) is 17.2. The van der Waals surface area contributed by atoms with Crippen LogP contribution in [-0.4, -0.2) is 26.4 Å². The lowest BCUT2D eigenvalue weighted by Crippen LogP contribution is -2.14. The molecule has 4 rings (SSSR count). The molecule has 0 saturated heterocycles. The van der Waals surface area contributed by atoms with E-state index in [-0.39, 0.29) is 17.5 Å². The number of thiophene rings is 1. The van der Waals surface area contributed by atoms with E-state index in [9.17, 15) is 9.18 Å². The number of nitrogens with zero attached hydrogens (tertiary/aromatic N) is 3. The zero-order valence-corrected chi connectivity index (χ0v) is 18.8. The lowest BCUT2D eigenvalue weighted by atomic mass is 9.88. The number of hydrogen-bond acceptors (Lipinski definition) is 5. The Hall–Kier alpha value is -2.19. The van der Waals surface area contributed by atoms with Crippen molar-refractivity contribution in [2.24, 2.45) is 5.92 Å². The molecule has 0 fully saturated rings. The molecular weight excluding hydrogens is 419 g/mol. The Morgan fingerprint density at radius 2 is 2.13 bits per heavy atom. The minimum atomic E-state index is -0.326. The molecule has 0 spiro atoms. The van der Waals surface area contributed by atoms with Gasteiger partial charge >= 0.3 is 0 Å². The smallest absolute Gasteiger partial charge is 0.234 e. The summed E-state index contributed by atoms with van der Waals surface area (Å²) in [4.78, 5) is 13.8. The molecule has 8 heteroatoms. The van der Waals surface area contributed by atoms with E-state index in [0.717, 1.165) is 42.7 Å². The molecule has 158 valence electrons. The number of hydrogen-bond donors (Lipinski definition) is 1. The molecule has 1 atom stereocenters. The molecular formula is C22H25FN4OS2. The van der Waals surface area contributed by atoms with Crippen LogP contribution in [0.4, 0.5) is 10.1 Å². The van der Waals surface area contributed by atoms with Crippen molar-refractivity contribution in [2.75, 3.05) is 11.1 Å². The van der Waals surface area contributed by atoms with E-state index in [4.69, 9.17) is 0 Å². The molecule has 1 amide bonds. The molecule has 0 aliphatic heterocycles. The molecule has 3 aromatic rings. The van der Waals surface area contributed by atoms with Gasteiger partial charge in [0.15, 0.2) is 11.0 Å². The Kier molecular flexibility index (Phi) is 6.53. The van der Waals surface area contributed by atoms with Crippen molar-refractivity contribution in [1.82, 2.24) is 14.8 Å². The fraction of sp³-hybridized carbons (Fsp3) is 0.409. The Labute approximate surface area is 184 Å². The minimum Gasteiger partial charge on any atom is -0.325 e. The van der Waals surface area contributed by atoms with Crippen LogP contribution in [0.2, 0.25) is 0 Å². The third kappa shape index (κ3) is 4.59. The number of rotatable bonds is 7. The van der Waals surface area contributed by atoms with Crippen molar-refractivity contribution in [2.45, 2.75) is 51.2 Å². The maximum absolute atomic E-state index is 13.0. The highest BCUT2D eigenvalue weighted by Crippen LogP contribution is 2.38. The number of amides is 1. The predicted octanol–water partition coefficient (Wildman–Crippen LogP) is 5.41. The summed E-state index contributed by atoms with van der Waals surface area (Å²) in [5.74, 6) is 1.39. The van der Waals surface area contributed by atoms with Crippen molar-refractivity contribution in [1.29, 1.82) is 0 Å². The number of benzene rings is 1. The average molecular weight is 445 g/mol. The summed E-state index contributed by atoms with van der Waals surface area (Å²) in [6.45, 7) is 5.25. The van der Waals surface area contributed by atoms with Gasteiger partial charge in [-0.15, -0.1) is 21.5 Å². The SMILES string of the molecule is CCCn1c(SCC(=O)Nc2ccc(F)cc2)nnc1-c1csc2c1CCC(C)C2. The first-order valence-corrected chi connectivity index (χ1v) is 12.1. The quantitative estimate of drug-likeness (QED) is 0.495. The highest BCUT2D eigenvalue weighted by Gasteiger charge is 2.24. The van der Waals surface area contributed by atoms with E-state index >= 15 is 0 Å². The van der Waals surface area contributed by atoms with E-state index in [0.29, 0.717) is 5.69 Å². The third-order valence-corrected chi connectivity index (χ3v) is 7.28. The molecule has 0 radical (unpaired) electrons. The average Bonchev–Trinajstić information content (AvgIpc) is 3.32. The van der Waals surface area contributed by atoms with Crippen molar-refractivity contribution in [3.05, 3.63) is 45.9 Å². The summed E-state index contributed by atoms with van der Waals surface area (Å²) < 4.78 is 15.2. The van der Waals surface area contributed by atoms with Crippen molar-refractivity contribution in [3.63, 3.8) is 0 Å². The summed E-state index contributed by atoms with van der Waals surface area (Å²) in [5, 5.41) is 14.7. The van der Waals surface area contributed by atoms with Gasteiger partial charge in [0.25, 0.3) is 0 Å². The molecule has 5 nitrogen and oxygen atoms in total. The molecule has 1 aromatic carbocycles. The molecule has 1 N–H and O–H groups in total. The molecule has 2 heterocycles. The van der Waals surface area contributed by atoms with Gasteiger partial charge in [0, 0.05) is 28.1 Å². The predicted molar refractivity (Wildman–Crippen MR) is 121 cm³/mol. The Morgan fingerprint density at radius 3 is 2.90 bits per heavy atom. The van der Waals surface area contributed by atoms with Crippen LogP contribution in [0.5, 0.6) is 0 Å². The summed E-state index contributed by atoms with van der Waals surface area (Å²) in [7, 11) is 0. The van der Waals surface area contributed by atoms with Crippen LogP contribution in [0.1, 0.15) is 37.1 Å². The summed E-state index contributed by atoms with van der Waals surface area (Å²) in [6.07, 6.45) is 4.41. The van der Waals surface area contributed by atoms with Gasteiger partial charge in [-0.05, 0) is 61.4 Å². The maximum atomic E-state index is 13.0. The van der Waals surface area contributed by atoms with E-state index < -0.39 is 0 Å². The van der Waals surface area contributed by atoms with Gasteiger partial charge in [-0.25, -0.2) is 4.39 Å². The first-order chi connectivity index (χ1) is 14.5. The summed E-state index contributed by atoms with van der Waals surface area (Å²) in [6, 6.07) is 5.76. The van der Waals surface area contributed by atoms with Crippen molar-refractivity contribution < 1.29 is 9.18 Å². The lowest BCUT2D eigenvalue weighted by molar-refractivity contribution is -0.113. The topological polar surface area (TPSA) is 59.8 Å². The second-order valence-electron chi connectivity index (χ2n) is 7.70. The summed E-state index contributed by atoms with van der Waals surface area (Å²) >= 11 is 3.21. The fourth-order valence-corrected chi connectivity index (χ4v) is 5.75. The zero-order chi connectivity index (χ0) is 21.1. The Morgan fingerprint density at radius 1 is 1.33 bits per heavy atom. The van der Waals surface area contributed by atoms with Crippen molar-refractivity contribution in [3.8, 4) is 11.4 Å². The number of halogens is 1. The van der Waals surface area contributed by atoms with Crippen LogP contribution in [0.15, 0.2) is 34.8 Å². The molecule has 0 bridgehead atoms. The number of carbonyl (C=O) groups is 1. The number of aromatic nitrogens is 3. The normalized spacial score (nSPS) is 15.8. The van der Waals surface area contributed by atoms with Gasteiger partial charge in [0.05, 0.1) is 5.75 Å². The molecule has 2 aromatic heterocycles. The van der Waals surface area contributed by atoms with Crippen LogP contribution in [0.25, 0.3) is 11.4 Å². The third-order valence-electron chi connectivity index (χ3n) is 5.27. The molecule has 0 saturated carbocycles. The van der Waals surface area contributed by atoms with Gasteiger partial charge in [0.2, 0.25) is 5.91 Å². The van der Waals surface area contributed by atoms with Gasteiger partial charge in [-0.3, -0.25) is 4.79 Å². The number of fused-ring (bicyclic) bond motifs is 1. The van der Waals surface area contributed by atoms with Crippen LogP contribution < -0.4 is 5.32 Å². The Bertz CT molecular complexity index is 1030. The van der Waals surface area contributed by atoms with Gasteiger partial charge < -0.3 is 9.88 Å². The number of carbonyl (C=O) groups excluding carboxylic acids is 1. The monoisotopic (exact) mass is 444 g/mol. The van der Waals surface area contributed by atoms with E-state index in [1.807, 2.05) is 11.3 Å².